The van der Waals surface area contributed by atoms with Crippen LogP contribution in [0.2, 0.25) is 0 Å². The third-order valence-electron chi connectivity index (χ3n) is 13.4. The molecule has 0 aromatic heterocycles. The van der Waals surface area contributed by atoms with E-state index in [1.165, 1.54) is 244 Å². The molecule has 0 aliphatic heterocycles. The molecule has 378 valence electrons. The van der Waals surface area contributed by atoms with E-state index in [0.29, 0.717) is 6.42 Å². The number of unbranched alkanes of at least 4 members (excludes halogenated alkanes) is 40. The average molecular weight is 901 g/mol. The normalized spacial score (nSPS) is 13.5. The standard InChI is InChI=1S/C59H113NO4/c1-3-5-7-9-11-13-15-17-19-21-23-25-27-29-31-33-35-37-39-41-43-45-47-49-51-53-58(63)57(55-61)60-59(64)54-56(62)52-50-48-46-44-42-40-38-36-34-32-30-28-26-24-22-20-18-16-14-12-10-8-6-4-2/h35,37,43,45,51,53,56-58,61-63H,3-34,36,38-42,44,46-50,52,54-55H2,1-2H3,(H,60,64)/b37-35+,45-43+,53-51+. The first-order chi connectivity index (χ1) is 31.5. The molecule has 0 saturated carbocycles. The van der Waals surface area contributed by atoms with Gasteiger partial charge in [-0.15, -0.1) is 0 Å². The molecule has 0 aromatic carbocycles. The second-order valence-corrected chi connectivity index (χ2v) is 19.9. The molecule has 0 heterocycles. The SMILES string of the molecule is CCCCCCCCCCCCCCCCC/C=C/CC/C=C/CC/C=C/C(O)C(CO)NC(=O)CC(O)CCCCCCCCCCCCCCCCCCCCCCCCCC. The van der Waals surface area contributed by atoms with Crippen LogP contribution in [0.15, 0.2) is 36.5 Å². The Labute approximate surface area is 400 Å². The van der Waals surface area contributed by atoms with Gasteiger partial charge in [-0.1, -0.05) is 294 Å². The fraction of sp³-hybridized carbons (Fsp3) is 0.881. The number of allylic oxidation sites excluding steroid dienone is 5. The van der Waals surface area contributed by atoms with Crippen molar-refractivity contribution in [2.75, 3.05) is 6.61 Å². The lowest BCUT2D eigenvalue weighted by Crippen LogP contribution is -2.45. The van der Waals surface area contributed by atoms with Crippen molar-refractivity contribution < 1.29 is 20.1 Å². The highest BCUT2D eigenvalue weighted by Crippen LogP contribution is 2.18. The third kappa shape index (κ3) is 50.0. The first-order valence-electron chi connectivity index (χ1n) is 28.8. The molecule has 5 heteroatoms. The largest absolute Gasteiger partial charge is 0.394 e. The van der Waals surface area contributed by atoms with Gasteiger partial charge in [0.05, 0.1) is 31.3 Å². The zero-order valence-electron chi connectivity index (χ0n) is 43.2. The lowest BCUT2D eigenvalue weighted by molar-refractivity contribution is -0.124. The summed E-state index contributed by atoms with van der Waals surface area (Å²) in [5, 5.41) is 33.4. The first-order valence-corrected chi connectivity index (χ1v) is 28.8. The molecule has 4 N–H and O–H groups in total. The van der Waals surface area contributed by atoms with Gasteiger partial charge in [-0.3, -0.25) is 4.79 Å². The van der Waals surface area contributed by atoms with E-state index in [1.54, 1.807) is 6.08 Å². The van der Waals surface area contributed by atoms with Crippen molar-refractivity contribution in [1.29, 1.82) is 0 Å². The topological polar surface area (TPSA) is 89.8 Å². The van der Waals surface area contributed by atoms with Gasteiger partial charge in [-0.2, -0.15) is 0 Å². The summed E-state index contributed by atoms with van der Waals surface area (Å²) in [5.74, 6) is -0.324. The van der Waals surface area contributed by atoms with Crippen LogP contribution in [0.1, 0.15) is 309 Å². The second-order valence-electron chi connectivity index (χ2n) is 19.9. The Hall–Kier alpha value is -1.43. The summed E-state index contributed by atoms with van der Waals surface area (Å²) in [7, 11) is 0. The summed E-state index contributed by atoms with van der Waals surface area (Å²) >= 11 is 0. The lowest BCUT2D eigenvalue weighted by Gasteiger charge is -2.21. The highest BCUT2D eigenvalue weighted by molar-refractivity contribution is 5.76. The minimum absolute atomic E-state index is 0.00574. The average Bonchev–Trinajstić information content (AvgIpc) is 3.29. The summed E-state index contributed by atoms with van der Waals surface area (Å²) in [4.78, 5) is 12.5. The van der Waals surface area contributed by atoms with Crippen molar-refractivity contribution in [2.45, 2.75) is 327 Å². The van der Waals surface area contributed by atoms with E-state index in [2.05, 4.69) is 43.5 Å². The summed E-state index contributed by atoms with van der Waals surface area (Å²) in [5.41, 5.74) is 0. The number of amides is 1. The summed E-state index contributed by atoms with van der Waals surface area (Å²) in [6.45, 7) is 4.24. The Bertz CT molecular complexity index is 993. The number of nitrogens with one attached hydrogen (secondary N) is 1. The van der Waals surface area contributed by atoms with Crippen molar-refractivity contribution in [3.05, 3.63) is 36.5 Å². The zero-order valence-corrected chi connectivity index (χ0v) is 43.2. The van der Waals surface area contributed by atoms with Gasteiger partial charge >= 0.3 is 0 Å². The van der Waals surface area contributed by atoms with E-state index in [4.69, 9.17) is 0 Å². The molecule has 64 heavy (non-hydrogen) atoms. The van der Waals surface area contributed by atoms with Crippen LogP contribution >= 0.6 is 0 Å². The lowest BCUT2D eigenvalue weighted by atomic mass is 10.0. The van der Waals surface area contributed by atoms with E-state index in [9.17, 15) is 20.1 Å². The smallest absolute Gasteiger partial charge is 0.222 e. The van der Waals surface area contributed by atoms with Crippen LogP contribution in [-0.2, 0) is 4.79 Å². The summed E-state index contributed by atoms with van der Waals surface area (Å²) in [6.07, 6.45) is 70.6. The van der Waals surface area contributed by atoms with Gasteiger partial charge in [0, 0.05) is 0 Å². The molecular weight excluding hydrogens is 787 g/mol. The van der Waals surface area contributed by atoms with Crippen LogP contribution in [0, 0.1) is 0 Å². The molecule has 3 unspecified atom stereocenters. The molecule has 1 amide bonds. The predicted molar refractivity (Wildman–Crippen MR) is 282 cm³/mol. The molecule has 0 spiro atoms. The molecule has 5 nitrogen and oxygen atoms in total. The summed E-state index contributed by atoms with van der Waals surface area (Å²) < 4.78 is 0. The van der Waals surface area contributed by atoms with Crippen molar-refractivity contribution in [3.8, 4) is 0 Å². The number of aliphatic hydroxyl groups is 3. The van der Waals surface area contributed by atoms with E-state index < -0.39 is 18.2 Å². The maximum Gasteiger partial charge on any atom is 0.222 e. The van der Waals surface area contributed by atoms with Crippen LogP contribution in [0.5, 0.6) is 0 Å². The number of carbonyl (C=O) groups is 1. The molecule has 0 aliphatic rings. The van der Waals surface area contributed by atoms with E-state index in [0.717, 1.165) is 38.5 Å². The van der Waals surface area contributed by atoms with Gasteiger partial charge < -0.3 is 20.6 Å². The third-order valence-corrected chi connectivity index (χ3v) is 13.4. The van der Waals surface area contributed by atoms with E-state index in [-0.39, 0.29) is 18.9 Å². The Morgan fingerprint density at radius 3 is 1.00 bits per heavy atom. The highest BCUT2D eigenvalue weighted by Gasteiger charge is 2.20. The molecule has 0 radical (unpaired) electrons. The fourth-order valence-corrected chi connectivity index (χ4v) is 9.02. The minimum atomic E-state index is -0.960. The Morgan fingerprint density at radius 1 is 0.391 bits per heavy atom. The van der Waals surface area contributed by atoms with Gasteiger partial charge in [0.15, 0.2) is 0 Å². The molecule has 0 aromatic rings. The van der Waals surface area contributed by atoms with Crippen molar-refractivity contribution >= 4 is 5.91 Å². The highest BCUT2D eigenvalue weighted by atomic mass is 16.3. The van der Waals surface area contributed by atoms with Gasteiger partial charge in [0.1, 0.15) is 0 Å². The predicted octanol–water partition coefficient (Wildman–Crippen LogP) is 17.8. The number of hydrogen-bond acceptors (Lipinski definition) is 4. The number of carbonyl (C=O) groups excluding carboxylic acids is 1. The second kappa shape index (κ2) is 54.2. The number of rotatable bonds is 53. The Kier molecular flexibility index (Phi) is 53.0. The quantitative estimate of drug-likeness (QED) is 0.0362. The van der Waals surface area contributed by atoms with Crippen molar-refractivity contribution in [1.82, 2.24) is 5.32 Å². The van der Waals surface area contributed by atoms with Gasteiger partial charge in [-0.05, 0) is 44.9 Å². The van der Waals surface area contributed by atoms with Gasteiger partial charge in [0.2, 0.25) is 5.91 Å². The molecule has 0 aliphatic carbocycles. The maximum absolute atomic E-state index is 12.5. The Morgan fingerprint density at radius 2 is 0.672 bits per heavy atom. The van der Waals surface area contributed by atoms with Crippen LogP contribution in [0.25, 0.3) is 0 Å². The maximum atomic E-state index is 12.5. The van der Waals surface area contributed by atoms with Gasteiger partial charge in [-0.25, -0.2) is 0 Å². The first kappa shape index (κ1) is 62.6. The van der Waals surface area contributed by atoms with Crippen LogP contribution in [0.4, 0.5) is 0 Å². The Balaban J connectivity index is 3.61. The molecule has 0 rings (SSSR count). The molecule has 0 saturated heterocycles. The monoisotopic (exact) mass is 900 g/mol. The van der Waals surface area contributed by atoms with Crippen LogP contribution in [0.3, 0.4) is 0 Å². The van der Waals surface area contributed by atoms with Crippen molar-refractivity contribution in [2.24, 2.45) is 0 Å². The molecule has 0 bridgehead atoms. The van der Waals surface area contributed by atoms with Gasteiger partial charge in [0.25, 0.3) is 0 Å². The molecule has 3 atom stereocenters. The van der Waals surface area contributed by atoms with Crippen molar-refractivity contribution in [3.63, 3.8) is 0 Å². The van der Waals surface area contributed by atoms with Crippen LogP contribution < -0.4 is 5.32 Å². The molecular formula is C59H113NO4. The number of aliphatic hydroxyl groups excluding tert-OH is 3. The molecule has 0 fully saturated rings. The number of hydrogen-bond donors (Lipinski definition) is 4. The van der Waals surface area contributed by atoms with E-state index in [1.807, 2.05) is 6.08 Å². The van der Waals surface area contributed by atoms with Crippen LogP contribution in [-0.4, -0.2) is 46.1 Å². The fourth-order valence-electron chi connectivity index (χ4n) is 9.02. The summed E-state index contributed by atoms with van der Waals surface area (Å²) in [6, 6.07) is -0.767. The zero-order chi connectivity index (χ0) is 46.5. The minimum Gasteiger partial charge on any atom is -0.394 e. The van der Waals surface area contributed by atoms with E-state index >= 15 is 0 Å².